The van der Waals surface area contributed by atoms with Crippen LogP contribution in [0.15, 0.2) is 0 Å². The Labute approximate surface area is 146 Å². The van der Waals surface area contributed by atoms with Gasteiger partial charge in [0.05, 0.1) is 0 Å². The number of likely N-dealkylation sites (tertiary alicyclic amines) is 1. The van der Waals surface area contributed by atoms with Crippen LogP contribution in [0.3, 0.4) is 0 Å². The molecular weight excluding hydrogens is 314 g/mol. The van der Waals surface area contributed by atoms with E-state index in [0.29, 0.717) is 31.1 Å². The standard InChI is InChI=1S/C17H31N3O2.ClH/c1-3-8-19(9-4-2)16(21)6-5-7-17(22)20-12-14-10-18-11-15(14)13-20;/h14-15,18H,3-13H2,1-2H3;1H/t14-,15+;. The highest BCUT2D eigenvalue weighted by Gasteiger charge is 2.37. The van der Waals surface area contributed by atoms with Gasteiger partial charge in [0.15, 0.2) is 0 Å². The third kappa shape index (κ3) is 5.64. The van der Waals surface area contributed by atoms with E-state index in [1.807, 2.05) is 9.80 Å². The van der Waals surface area contributed by atoms with Crippen molar-refractivity contribution in [2.45, 2.75) is 46.0 Å². The first-order valence-corrected chi connectivity index (χ1v) is 8.92. The molecule has 0 aromatic carbocycles. The Morgan fingerprint density at radius 2 is 1.61 bits per heavy atom. The van der Waals surface area contributed by atoms with Crippen LogP contribution in [0.1, 0.15) is 46.0 Å². The van der Waals surface area contributed by atoms with E-state index in [0.717, 1.165) is 52.1 Å². The predicted molar refractivity (Wildman–Crippen MR) is 94.7 cm³/mol. The second-order valence-electron chi connectivity index (χ2n) is 6.71. The Morgan fingerprint density at radius 1 is 1.04 bits per heavy atom. The summed E-state index contributed by atoms with van der Waals surface area (Å²) in [7, 11) is 0. The van der Waals surface area contributed by atoms with E-state index in [-0.39, 0.29) is 24.2 Å². The molecule has 0 radical (unpaired) electrons. The molecule has 2 aliphatic rings. The Morgan fingerprint density at radius 3 is 2.13 bits per heavy atom. The van der Waals surface area contributed by atoms with Gasteiger partial charge < -0.3 is 15.1 Å². The maximum atomic E-state index is 12.3. The minimum absolute atomic E-state index is 0. The average Bonchev–Trinajstić information content (AvgIpc) is 3.08. The zero-order valence-corrected chi connectivity index (χ0v) is 15.4. The van der Waals surface area contributed by atoms with Gasteiger partial charge >= 0.3 is 0 Å². The van der Waals surface area contributed by atoms with Gasteiger partial charge in [-0.15, -0.1) is 12.4 Å². The highest BCUT2D eigenvalue weighted by molar-refractivity contribution is 5.85. The molecule has 2 amide bonds. The van der Waals surface area contributed by atoms with Crippen LogP contribution < -0.4 is 5.32 Å². The highest BCUT2D eigenvalue weighted by atomic mass is 35.5. The Bertz CT molecular complexity index is 374. The molecule has 23 heavy (non-hydrogen) atoms. The Balaban J connectivity index is 0.00000264. The summed E-state index contributed by atoms with van der Waals surface area (Å²) in [6, 6.07) is 0. The molecule has 1 N–H and O–H groups in total. The van der Waals surface area contributed by atoms with Crippen molar-refractivity contribution in [3.05, 3.63) is 0 Å². The van der Waals surface area contributed by atoms with Gasteiger partial charge in [-0.05, 0) is 31.1 Å². The van der Waals surface area contributed by atoms with Crippen molar-refractivity contribution >= 4 is 24.2 Å². The van der Waals surface area contributed by atoms with Crippen LogP contribution in [0.5, 0.6) is 0 Å². The summed E-state index contributed by atoms with van der Waals surface area (Å²) in [6.07, 6.45) is 3.70. The lowest BCUT2D eigenvalue weighted by Gasteiger charge is -2.22. The van der Waals surface area contributed by atoms with Crippen LogP contribution in [0.4, 0.5) is 0 Å². The molecule has 2 aliphatic heterocycles. The lowest BCUT2D eigenvalue weighted by Crippen LogP contribution is -2.33. The summed E-state index contributed by atoms with van der Waals surface area (Å²) < 4.78 is 0. The second-order valence-corrected chi connectivity index (χ2v) is 6.71. The van der Waals surface area contributed by atoms with E-state index < -0.39 is 0 Å². The molecule has 2 fully saturated rings. The monoisotopic (exact) mass is 345 g/mol. The first-order valence-electron chi connectivity index (χ1n) is 8.92. The first-order chi connectivity index (χ1) is 10.7. The summed E-state index contributed by atoms with van der Waals surface area (Å²) in [5, 5.41) is 3.39. The zero-order valence-electron chi connectivity index (χ0n) is 14.6. The lowest BCUT2D eigenvalue weighted by molar-refractivity contribution is -0.132. The molecule has 2 heterocycles. The molecule has 0 saturated carbocycles. The van der Waals surface area contributed by atoms with Gasteiger partial charge in [-0.2, -0.15) is 0 Å². The van der Waals surface area contributed by atoms with Gasteiger partial charge in [0.25, 0.3) is 0 Å². The van der Waals surface area contributed by atoms with Crippen LogP contribution in [-0.4, -0.2) is 60.9 Å². The second kappa shape index (κ2) is 10.1. The maximum absolute atomic E-state index is 12.3. The molecule has 6 heteroatoms. The summed E-state index contributed by atoms with van der Waals surface area (Å²) >= 11 is 0. The molecule has 2 rings (SSSR count). The van der Waals surface area contributed by atoms with Crippen molar-refractivity contribution in [2.75, 3.05) is 39.3 Å². The van der Waals surface area contributed by atoms with Crippen molar-refractivity contribution in [3.63, 3.8) is 0 Å². The van der Waals surface area contributed by atoms with E-state index in [4.69, 9.17) is 0 Å². The first kappa shape index (κ1) is 20.2. The summed E-state index contributed by atoms with van der Waals surface area (Å²) in [4.78, 5) is 28.4. The van der Waals surface area contributed by atoms with Crippen LogP contribution in [0.25, 0.3) is 0 Å². The number of halogens is 1. The summed E-state index contributed by atoms with van der Waals surface area (Å²) in [6.45, 7) is 9.78. The summed E-state index contributed by atoms with van der Waals surface area (Å²) in [5.74, 6) is 1.74. The zero-order chi connectivity index (χ0) is 15.9. The quantitative estimate of drug-likeness (QED) is 0.731. The minimum atomic E-state index is 0. The highest BCUT2D eigenvalue weighted by Crippen LogP contribution is 2.26. The van der Waals surface area contributed by atoms with Crippen LogP contribution in [-0.2, 0) is 9.59 Å². The van der Waals surface area contributed by atoms with E-state index in [2.05, 4.69) is 19.2 Å². The van der Waals surface area contributed by atoms with E-state index in [9.17, 15) is 9.59 Å². The molecular formula is C17H32ClN3O2. The molecule has 5 nitrogen and oxygen atoms in total. The Hall–Kier alpha value is -0.810. The van der Waals surface area contributed by atoms with E-state index in [1.165, 1.54) is 0 Å². The number of carbonyl (C=O) groups is 2. The van der Waals surface area contributed by atoms with Gasteiger partial charge in [0.2, 0.25) is 11.8 Å². The fourth-order valence-corrected chi connectivity index (χ4v) is 3.67. The predicted octanol–water partition coefficient (Wildman–Crippen LogP) is 1.90. The third-order valence-electron chi connectivity index (χ3n) is 4.86. The maximum Gasteiger partial charge on any atom is 0.222 e. The third-order valence-corrected chi connectivity index (χ3v) is 4.86. The number of hydrogen-bond donors (Lipinski definition) is 1. The van der Waals surface area contributed by atoms with Crippen molar-refractivity contribution in [3.8, 4) is 0 Å². The number of rotatable bonds is 8. The van der Waals surface area contributed by atoms with Gasteiger partial charge in [0, 0.05) is 52.1 Å². The molecule has 2 atom stereocenters. The molecule has 134 valence electrons. The van der Waals surface area contributed by atoms with Crippen molar-refractivity contribution < 1.29 is 9.59 Å². The fraction of sp³-hybridized carbons (Fsp3) is 0.882. The molecule has 0 aromatic rings. The topological polar surface area (TPSA) is 52.7 Å². The van der Waals surface area contributed by atoms with Crippen LogP contribution in [0.2, 0.25) is 0 Å². The number of nitrogens with one attached hydrogen (secondary N) is 1. The van der Waals surface area contributed by atoms with Crippen LogP contribution in [0, 0.1) is 11.8 Å². The van der Waals surface area contributed by atoms with Crippen molar-refractivity contribution in [2.24, 2.45) is 11.8 Å². The molecule has 0 unspecified atom stereocenters. The fourth-order valence-electron chi connectivity index (χ4n) is 3.67. The number of nitrogens with zero attached hydrogens (tertiary/aromatic N) is 2. The largest absolute Gasteiger partial charge is 0.343 e. The van der Waals surface area contributed by atoms with Crippen molar-refractivity contribution in [1.82, 2.24) is 15.1 Å². The number of carbonyl (C=O) groups excluding carboxylic acids is 2. The molecule has 0 bridgehead atoms. The SMILES string of the molecule is CCCN(CCC)C(=O)CCCC(=O)N1C[C@H]2CNC[C@H]2C1.Cl. The van der Waals surface area contributed by atoms with Crippen LogP contribution >= 0.6 is 12.4 Å². The average molecular weight is 346 g/mol. The van der Waals surface area contributed by atoms with Gasteiger partial charge in [-0.1, -0.05) is 13.8 Å². The van der Waals surface area contributed by atoms with Gasteiger partial charge in [0.1, 0.15) is 0 Å². The van der Waals surface area contributed by atoms with Gasteiger partial charge in [-0.3, -0.25) is 9.59 Å². The minimum Gasteiger partial charge on any atom is -0.343 e. The number of hydrogen-bond acceptors (Lipinski definition) is 3. The van der Waals surface area contributed by atoms with E-state index in [1.54, 1.807) is 0 Å². The molecule has 0 aromatic heterocycles. The summed E-state index contributed by atoms with van der Waals surface area (Å²) in [5.41, 5.74) is 0. The molecule has 0 spiro atoms. The van der Waals surface area contributed by atoms with Crippen molar-refractivity contribution in [1.29, 1.82) is 0 Å². The lowest BCUT2D eigenvalue weighted by atomic mass is 10.0. The van der Waals surface area contributed by atoms with Gasteiger partial charge in [-0.25, -0.2) is 0 Å². The number of fused-ring (bicyclic) bond motifs is 1. The number of amides is 2. The normalized spacial score (nSPS) is 22.6. The molecule has 0 aliphatic carbocycles. The Kier molecular flexibility index (Phi) is 8.92. The smallest absolute Gasteiger partial charge is 0.222 e. The molecule has 2 saturated heterocycles. The van der Waals surface area contributed by atoms with E-state index >= 15 is 0 Å².